The van der Waals surface area contributed by atoms with Gasteiger partial charge in [0.2, 0.25) is 11.2 Å². The van der Waals surface area contributed by atoms with Gasteiger partial charge in [-0.15, -0.1) is 0 Å². The number of rotatable bonds is 5. The molecule has 1 heterocycles. The molecule has 0 aromatic carbocycles. The second-order valence-corrected chi connectivity index (χ2v) is 5.38. The first kappa shape index (κ1) is 18.5. The minimum Gasteiger partial charge on any atom is -0.393 e. The van der Waals surface area contributed by atoms with Crippen LogP contribution in [-0.2, 0) is 23.9 Å². The summed E-state index contributed by atoms with van der Waals surface area (Å²) in [7, 11) is 0. The van der Waals surface area contributed by atoms with E-state index < -0.39 is 52.3 Å². The summed E-state index contributed by atoms with van der Waals surface area (Å²) < 4.78 is 4.83. The predicted octanol–water partition coefficient (Wildman–Crippen LogP) is -2.75. The molecule has 22 heavy (non-hydrogen) atoms. The molecule has 1 saturated heterocycles. The van der Waals surface area contributed by atoms with Crippen molar-refractivity contribution in [1.82, 2.24) is 0 Å². The van der Waals surface area contributed by atoms with Crippen LogP contribution in [0.5, 0.6) is 0 Å². The van der Waals surface area contributed by atoms with Crippen LogP contribution in [0.25, 0.3) is 0 Å². The molecule has 4 atom stereocenters. The van der Waals surface area contributed by atoms with Crippen LogP contribution in [0.15, 0.2) is 0 Å². The van der Waals surface area contributed by atoms with Crippen molar-refractivity contribution in [3.8, 4) is 0 Å². The third-order valence-corrected chi connectivity index (χ3v) is 4.21. The van der Waals surface area contributed by atoms with E-state index in [2.05, 4.69) is 0 Å². The van der Waals surface area contributed by atoms with Crippen LogP contribution in [0.1, 0.15) is 27.7 Å². The van der Waals surface area contributed by atoms with Crippen molar-refractivity contribution in [3.05, 3.63) is 0 Å². The highest BCUT2D eigenvalue weighted by molar-refractivity contribution is 6.10. The van der Waals surface area contributed by atoms with Crippen LogP contribution in [-0.4, -0.2) is 72.8 Å². The Balaban J connectivity index is 3.99. The van der Waals surface area contributed by atoms with Gasteiger partial charge >= 0.3 is 0 Å². The van der Waals surface area contributed by atoms with E-state index in [0.29, 0.717) is 6.92 Å². The van der Waals surface area contributed by atoms with E-state index in [0.717, 1.165) is 20.8 Å². The molecule has 9 nitrogen and oxygen atoms in total. The molecule has 0 radical (unpaired) electrons. The molecule has 0 spiro atoms. The van der Waals surface area contributed by atoms with Crippen LogP contribution in [0.2, 0.25) is 0 Å². The first-order valence-electron chi connectivity index (χ1n) is 6.32. The zero-order valence-electron chi connectivity index (χ0n) is 12.5. The number of aliphatic hydroxyl groups is 4. The Morgan fingerprint density at radius 1 is 0.773 bits per heavy atom. The third-order valence-electron chi connectivity index (χ3n) is 4.21. The lowest BCUT2D eigenvalue weighted by atomic mass is 9.65. The molecule has 1 rings (SSSR count). The quantitative estimate of drug-likeness (QED) is 0.421. The SMILES string of the molecule is CC(=O)C1(O)O[C@@](CO)(C(C)=O)[C@](O)(C(C)=O)[C@]1(O)C(C)=O. The van der Waals surface area contributed by atoms with Crippen molar-refractivity contribution in [3.63, 3.8) is 0 Å². The van der Waals surface area contributed by atoms with Gasteiger partial charge < -0.3 is 25.2 Å². The van der Waals surface area contributed by atoms with Crippen molar-refractivity contribution in [2.24, 2.45) is 0 Å². The maximum Gasteiger partial charge on any atom is 0.268 e. The van der Waals surface area contributed by atoms with Crippen molar-refractivity contribution >= 4 is 23.1 Å². The number of hydrogen-bond donors (Lipinski definition) is 4. The standard InChI is InChI=1S/C13H18O9/c1-6(15)10(5-14)11(19,7(2)16)12(20,8(3)17)13(21,22-10)9(4)18/h14,19-21H,5H2,1-4H3/t10-,11+,12+,13?/m0/s1. The lowest BCUT2D eigenvalue weighted by molar-refractivity contribution is -0.256. The highest BCUT2D eigenvalue weighted by atomic mass is 16.7. The summed E-state index contributed by atoms with van der Waals surface area (Å²) in [5.41, 5.74) is -9.70. The molecule has 9 heteroatoms. The monoisotopic (exact) mass is 318 g/mol. The van der Waals surface area contributed by atoms with E-state index in [1.807, 2.05) is 0 Å². The molecule has 1 fully saturated rings. The van der Waals surface area contributed by atoms with Gasteiger partial charge in [-0.2, -0.15) is 0 Å². The Bertz CT molecular complexity index is 570. The lowest BCUT2D eigenvalue weighted by Crippen LogP contribution is -2.75. The highest BCUT2D eigenvalue weighted by Gasteiger charge is 2.86. The van der Waals surface area contributed by atoms with E-state index in [1.165, 1.54) is 0 Å². The van der Waals surface area contributed by atoms with Crippen molar-refractivity contribution in [2.45, 2.75) is 50.3 Å². The van der Waals surface area contributed by atoms with Crippen LogP contribution < -0.4 is 0 Å². The van der Waals surface area contributed by atoms with E-state index in [9.17, 15) is 39.6 Å². The zero-order chi connectivity index (χ0) is 17.7. The molecule has 1 aliphatic heterocycles. The minimum atomic E-state index is -3.47. The first-order valence-corrected chi connectivity index (χ1v) is 6.32. The fourth-order valence-corrected chi connectivity index (χ4v) is 2.88. The number of Topliss-reactive ketones (excluding diaryl/α,β-unsaturated/α-hetero) is 4. The Morgan fingerprint density at radius 3 is 1.41 bits per heavy atom. The molecule has 1 aliphatic rings. The summed E-state index contributed by atoms with van der Waals surface area (Å²) in [6, 6.07) is 0. The Kier molecular flexibility index (Phi) is 4.21. The molecule has 124 valence electrons. The highest BCUT2D eigenvalue weighted by Crippen LogP contribution is 2.53. The van der Waals surface area contributed by atoms with Gasteiger partial charge in [0.05, 0.1) is 6.61 Å². The summed E-state index contributed by atoms with van der Waals surface area (Å²) in [6.45, 7) is 1.58. The second kappa shape index (κ2) is 5.00. The summed E-state index contributed by atoms with van der Waals surface area (Å²) >= 11 is 0. The molecule has 0 amide bonds. The Labute approximate surface area is 125 Å². The summed E-state index contributed by atoms with van der Waals surface area (Å²) in [4.78, 5) is 47.5. The van der Waals surface area contributed by atoms with Gasteiger partial charge in [0.25, 0.3) is 5.79 Å². The van der Waals surface area contributed by atoms with E-state index >= 15 is 0 Å². The molecular formula is C13H18O9. The van der Waals surface area contributed by atoms with Crippen LogP contribution >= 0.6 is 0 Å². The summed E-state index contributed by atoms with van der Waals surface area (Å²) in [5, 5.41) is 41.1. The molecule has 4 N–H and O–H groups in total. The summed E-state index contributed by atoms with van der Waals surface area (Å²) in [6.07, 6.45) is 0. The molecule has 0 bridgehead atoms. The molecule has 1 unspecified atom stereocenters. The summed E-state index contributed by atoms with van der Waals surface area (Å²) in [5.74, 6) is -8.61. The predicted molar refractivity (Wildman–Crippen MR) is 68.5 cm³/mol. The maximum atomic E-state index is 11.9. The van der Waals surface area contributed by atoms with Crippen LogP contribution in [0.3, 0.4) is 0 Å². The molecule has 0 saturated carbocycles. The fraction of sp³-hybridized carbons (Fsp3) is 0.692. The van der Waals surface area contributed by atoms with Gasteiger partial charge in [0.15, 0.2) is 28.7 Å². The number of carbonyl (C=O) groups is 4. The van der Waals surface area contributed by atoms with E-state index in [1.54, 1.807) is 0 Å². The number of aliphatic hydroxyl groups excluding tert-OH is 1. The molecule has 0 aliphatic carbocycles. The average molecular weight is 318 g/mol. The number of hydrogen-bond acceptors (Lipinski definition) is 9. The van der Waals surface area contributed by atoms with Gasteiger partial charge in [-0.3, -0.25) is 19.2 Å². The molecule has 0 aromatic rings. The van der Waals surface area contributed by atoms with Crippen molar-refractivity contribution in [2.75, 3.05) is 6.61 Å². The normalized spacial score (nSPS) is 41.3. The van der Waals surface area contributed by atoms with Gasteiger partial charge in [0.1, 0.15) is 0 Å². The molecular weight excluding hydrogens is 300 g/mol. The maximum absolute atomic E-state index is 11.9. The number of ketones is 4. The van der Waals surface area contributed by atoms with Gasteiger partial charge in [-0.25, -0.2) is 0 Å². The fourth-order valence-electron chi connectivity index (χ4n) is 2.88. The topological polar surface area (TPSA) is 158 Å². The largest absolute Gasteiger partial charge is 0.393 e. The lowest BCUT2D eigenvalue weighted by Gasteiger charge is -2.41. The van der Waals surface area contributed by atoms with Crippen molar-refractivity contribution in [1.29, 1.82) is 0 Å². The van der Waals surface area contributed by atoms with E-state index in [4.69, 9.17) is 4.74 Å². The number of ether oxygens (including phenoxy) is 1. The average Bonchev–Trinajstić information content (AvgIpc) is 2.57. The minimum absolute atomic E-state index is 0.693. The zero-order valence-corrected chi connectivity index (χ0v) is 12.5. The second-order valence-electron chi connectivity index (χ2n) is 5.38. The van der Waals surface area contributed by atoms with Crippen LogP contribution in [0.4, 0.5) is 0 Å². The Morgan fingerprint density at radius 2 is 1.18 bits per heavy atom. The van der Waals surface area contributed by atoms with E-state index in [-0.39, 0.29) is 0 Å². The number of carbonyl (C=O) groups excluding carboxylic acids is 4. The third kappa shape index (κ3) is 1.65. The van der Waals surface area contributed by atoms with Gasteiger partial charge in [-0.05, 0) is 20.8 Å². The van der Waals surface area contributed by atoms with Crippen LogP contribution in [0, 0.1) is 0 Å². The first-order chi connectivity index (χ1) is 9.79. The van der Waals surface area contributed by atoms with Gasteiger partial charge in [-0.1, -0.05) is 0 Å². The Hall–Kier alpha value is -1.52. The van der Waals surface area contributed by atoms with Gasteiger partial charge in [0, 0.05) is 6.92 Å². The smallest absolute Gasteiger partial charge is 0.268 e. The molecule has 0 aromatic heterocycles. The van der Waals surface area contributed by atoms with Crippen molar-refractivity contribution < 1.29 is 44.3 Å².